The number of anilines is 1. The molecule has 2 aromatic rings. The fraction of sp³-hybridized carbons (Fsp3) is 0.318. The SMILES string of the molecule is CCOc1ccccc1C(=O)NCC(=O)Nc1ccc(CC(=O)NC(C)C)cc1. The Bertz CT molecular complexity index is 847. The van der Waals surface area contributed by atoms with Gasteiger partial charge in [0.25, 0.3) is 5.91 Å². The van der Waals surface area contributed by atoms with Crippen LogP contribution in [0.15, 0.2) is 48.5 Å². The molecule has 0 bridgehead atoms. The van der Waals surface area contributed by atoms with Crippen molar-refractivity contribution in [3.05, 3.63) is 59.7 Å². The molecule has 0 saturated heterocycles. The standard InChI is InChI=1S/C22H27N3O4/c1-4-29-19-8-6-5-7-18(19)22(28)23-14-21(27)25-17-11-9-16(10-12-17)13-20(26)24-15(2)3/h5-12,15H,4,13-14H2,1-3H3,(H,23,28)(H,24,26)(H,25,27). The number of nitrogens with one attached hydrogen (secondary N) is 3. The highest BCUT2D eigenvalue weighted by Crippen LogP contribution is 2.17. The van der Waals surface area contributed by atoms with Crippen molar-refractivity contribution in [1.82, 2.24) is 10.6 Å². The van der Waals surface area contributed by atoms with Crippen LogP contribution in [0, 0.1) is 0 Å². The van der Waals surface area contributed by atoms with Crippen molar-refractivity contribution in [3.8, 4) is 5.75 Å². The first-order chi connectivity index (χ1) is 13.9. The van der Waals surface area contributed by atoms with Crippen LogP contribution in [0.1, 0.15) is 36.7 Å². The summed E-state index contributed by atoms with van der Waals surface area (Å²) in [4.78, 5) is 36.2. The van der Waals surface area contributed by atoms with E-state index < -0.39 is 0 Å². The Hall–Kier alpha value is -3.35. The first kappa shape index (κ1) is 21.9. The average molecular weight is 397 g/mol. The lowest BCUT2D eigenvalue weighted by Gasteiger charge is -2.11. The van der Waals surface area contributed by atoms with Crippen LogP contribution in [0.25, 0.3) is 0 Å². The summed E-state index contributed by atoms with van der Waals surface area (Å²) in [5.74, 6) is -0.301. The van der Waals surface area contributed by atoms with Crippen LogP contribution in [0.5, 0.6) is 5.75 Å². The number of hydrogen-bond acceptors (Lipinski definition) is 4. The second-order valence-electron chi connectivity index (χ2n) is 6.76. The van der Waals surface area contributed by atoms with E-state index in [1.165, 1.54) is 0 Å². The maximum atomic E-state index is 12.3. The van der Waals surface area contributed by atoms with Gasteiger partial charge in [0.2, 0.25) is 11.8 Å². The third-order valence-electron chi connectivity index (χ3n) is 3.89. The summed E-state index contributed by atoms with van der Waals surface area (Å²) in [6, 6.07) is 14.0. The fourth-order valence-corrected chi connectivity index (χ4v) is 2.66. The Morgan fingerprint density at radius 1 is 0.966 bits per heavy atom. The Morgan fingerprint density at radius 2 is 1.66 bits per heavy atom. The number of amides is 3. The van der Waals surface area contributed by atoms with E-state index in [-0.39, 0.29) is 36.7 Å². The van der Waals surface area contributed by atoms with Crippen LogP contribution in [0.2, 0.25) is 0 Å². The van der Waals surface area contributed by atoms with Gasteiger partial charge in [-0.1, -0.05) is 24.3 Å². The third-order valence-corrected chi connectivity index (χ3v) is 3.89. The smallest absolute Gasteiger partial charge is 0.255 e. The minimum absolute atomic E-state index is 0.0492. The van der Waals surface area contributed by atoms with Gasteiger partial charge in [-0.3, -0.25) is 14.4 Å². The van der Waals surface area contributed by atoms with E-state index in [0.29, 0.717) is 23.6 Å². The molecule has 0 radical (unpaired) electrons. The quantitative estimate of drug-likeness (QED) is 0.606. The van der Waals surface area contributed by atoms with Gasteiger partial charge in [0, 0.05) is 11.7 Å². The van der Waals surface area contributed by atoms with Crippen LogP contribution < -0.4 is 20.7 Å². The number of carbonyl (C=O) groups is 3. The summed E-state index contributed by atoms with van der Waals surface area (Å²) < 4.78 is 5.43. The van der Waals surface area contributed by atoms with E-state index >= 15 is 0 Å². The minimum Gasteiger partial charge on any atom is -0.493 e. The van der Waals surface area contributed by atoms with Crippen molar-refractivity contribution in [2.75, 3.05) is 18.5 Å². The Morgan fingerprint density at radius 3 is 2.31 bits per heavy atom. The van der Waals surface area contributed by atoms with Gasteiger partial charge in [0.15, 0.2) is 0 Å². The molecule has 2 aromatic carbocycles. The monoisotopic (exact) mass is 397 g/mol. The van der Waals surface area contributed by atoms with E-state index in [9.17, 15) is 14.4 Å². The first-order valence-corrected chi connectivity index (χ1v) is 9.57. The summed E-state index contributed by atoms with van der Waals surface area (Å²) in [6.07, 6.45) is 0.279. The molecule has 0 saturated carbocycles. The summed E-state index contributed by atoms with van der Waals surface area (Å²) in [6.45, 7) is 5.93. The maximum Gasteiger partial charge on any atom is 0.255 e. The van der Waals surface area contributed by atoms with Crippen LogP contribution >= 0.6 is 0 Å². The van der Waals surface area contributed by atoms with Crippen LogP contribution in [-0.2, 0) is 16.0 Å². The summed E-state index contributed by atoms with van der Waals surface area (Å²) in [7, 11) is 0. The molecule has 7 nitrogen and oxygen atoms in total. The second kappa shape index (κ2) is 10.8. The Balaban J connectivity index is 1.85. The van der Waals surface area contributed by atoms with E-state index in [1.807, 2.05) is 20.8 Å². The summed E-state index contributed by atoms with van der Waals surface area (Å²) in [5, 5.41) is 8.14. The van der Waals surface area contributed by atoms with Gasteiger partial charge in [-0.2, -0.15) is 0 Å². The number of ether oxygens (including phenoxy) is 1. The highest BCUT2D eigenvalue weighted by atomic mass is 16.5. The van der Waals surface area contributed by atoms with Gasteiger partial charge in [0.1, 0.15) is 5.75 Å². The highest BCUT2D eigenvalue weighted by Gasteiger charge is 2.13. The minimum atomic E-state index is -0.379. The number of carbonyl (C=O) groups excluding carboxylic acids is 3. The lowest BCUT2D eigenvalue weighted by atomic mass is 10.1. The molecule has 0 aliphatic rings. The second-order valence-corrected chi connectivity index (χ2v) is 6.76. The maximum absolute atomic E-state index is 12.3. The molecule has 0 fully saturated rings. The van der Waals surface area contributed by atoms with Gasteiger partial charge < -0.3 is 20.7 Å². The van der Waals surface area contributed by atoms with Crippen molar-refractivity contribution in [1.29, 1.82) is 0 Å². The molecule has 0 aliphatic heterocycles. The highest BCUT2D eigenvalue weighted by molar-refractivity contribution is 6.00. The van der Waals surface area contributed by atoms with Crippen LogP contribution in [0.4, 0.5) is 5.69 Å². The van der Waals surface area contributed by atoms with Crippen LogP contribution in [0.3, 0.4) is 0 Å². The first-order valence-electron chi connectivity index (χ1n) is 9.57. The molecule has 29 heavy (non-hydrogen) atoms. The lowest BCUT2D eigenvalue weighted by Crippen LogP contribution is -2.33. The molecule has 3 amide bonds. The molecule has 7 heteroatoms. The molecule has 0 atom stereocenters. The largest absolute Gasteiger partial charge is 0.493 e. The Labute approximate surface area is 170 Å². The molecular formula is C22H27N3O4. The van der Waals surface area contributed by atoms with Gasteiger partial charge in [-0.05, 0) is 50.6 Å². The Kier molecular flexibility index (Phi) is 8.21. The zero-order chi connectivity index (χ0) is 21.2. The van der Waals surface area contributed by atoms with Crippen molar-refractivity contribution < 1.29 is 19.1 Å². The normalized spacial score (nSPS) is 10.3. The summed E-state index contributed by atoms with van der Waals surface area (Å²) in [5.41, 5.74) is 1.82. The van der Waals surface area contributed by atoms with Gasteiger partial charge >= 0.3 is 0 Å². The predicted molar refractivity (Wildman–Crippen MR) is 112 cm³/mol. The third kappa shape index (κ3) is 7.29. The average Bonchev–Trinajstić information content (AvgIpc) is 2.68. The molecule has 0 heterocycles. The molecule has 3 N–H and O–H groups in total. The predicted octanol–water partition coefficient (Wildman–Crippen LogP) is 2.52. The molecule has 2 rings (SSSR count). The lowest BCUT2D eigenvalue weighted by molar-refractivity contribution is -0.121. The van der Waals surface area contributed by atoms with E-state index in [2.05, 4.69) is 16.0 Å². The van der Waals surface area contributed by atoms with Gasteiger partial charge in [0.05, 0.1) is 25.1 Å². The van der Waals surface area contributed by atoms with E-state index in [0.717, 1.165) is 5.56 Å². The van der Waals surface area contributed by atoms with E-state index in [1.54, 1.807) is 48.5 Å². The van der Waals surface area contributed by atoms with Crippen molar-refractivity contribution in [3.63, 3.8) is 0 Å². The molecule has 0 unspecified atom stereocenters. The van der Waals surface area contributed by atoms with Gasteiger partial charge in [-0.25, -0.2) is 0 Å². The number of para-hydroxylation sites is 1. The molecule has 154 valence electrons. The molecular weight excluding hydrogens is 370 g/mol. The zero-order valence-corrected chi connectivity index (χ0v) is 17.0. The molecule has 0 spiro atoms. The van der Waals surface area contributed by atoms with E-state index in [4.69, 9.17) is 4.74 Å². The van der Waals surface area contributed by atoms with Crippen molar-refractivity contribution in [2.45, 2.75) is 33.2 Å². The summed E-state index contributed by atoms with van der Waals surface area (Å²) >= 11 is 0. The van der Waals surface area contributed by atoms with Gasteiger partial charge in [-0.15, -0.1) is 0 Å². The zero-order valence-electron chi connectivity index (χ0n) is 17.0. The number of hydrogen-bond donors (Lipinski definition) is 3. The number of rotatable bonds is 9. The molecule has 0 aromatic heterocycles. The van der Waals surface area contributed by atoms with Crippen LogP contribution in [-0.4, -0.2) is 36.9 Å². The molecule has 0 aliphatic carbocycles. The van der Waals surface area contributed by atoms with Crippen molar-refractivity contribution in [2.24, 2.45) is 0 Å². The topological polar surface area (TPSA) is 96.5 Å². The fourth-order valence-electron chi connectivity index (χ4n) is 2.66. The van der Waals surface area contributed by atoms with Crippen molar-refractivity contribution >= 4 is 23.4 Å². The number of benzene rings is 2.